The number of para-hydroxylation sites is 1. The van der Waals surface area contributed by atoms with Gasteiger partial charge in [-0.25, -0.2) is 13.8 Å². The van der Waals surface area contributed by atoms with Gasteiger partial charge in [-0.05, 0) is 43.2 Å². The van der Waals surface area contributed by atoms with Crippen molar-refractivity contribution in [3.05, 3.63) is 53.6 Å². The maximum Gasteiger partial charge on any atom is 0.260 e. The molecule has 160 valence electrons. The number of fused-ring (bicyclic) bond motifs is 1. The second-order valence-electron chi connectivity index (χ2n) is 6.84. The quantitative estimate of drug-likeness (QED) is 0.536. The van der Waals surface area contributed by atoms with Gasteiger partial charge in [0, 0.05) is 5.56 Å². The summed E-state index contributed by atoms with van der Waals surface area (Å²) in [5, 5.41) is 4.11. The number of carbonyl (C=O) groups is 1. The molecule has 0 unspecified atom stereocenters. The number of hydrazone groups is 1. The molecule has 0 fully saturated rings. The fraction of sp³-hybridized carbons (Fsp3) is 0.333. The number of nitrogens with zero attached hydrogens (tertiary/aromatic N) is 2. The average molecular weight is 432 g/mol. The zero-order valence-corrected chi connectivity index (χ0v) is 18.0. The highest BCUT2D eigenvalue weighted by atomic mass is 32.2. The first-order valence-corrected chi connectivity index (χ1v) is 11.4. The first kappa shape index (κ1) is 21.6. The van der Waals surface area contributed by atoms with E-state index in [9.17, 15) is 13.2 Å². The summed E-state index contributed by atoms with van der Waals surface area (Å²) < 4.78 is 36.8. The summed E-state index contributed by atoms with van der Waals surface area (Å²) in [7, 11) is -3.65. The second kappa shape index (κ2) is 9.17. The van der Waals surface area contributed by atoms with Crippen LogP contribution in [0.15, 0.2) is 47.6 Å². The standard InChI is InChI=1S/C21H25N3O5S/c1-4-16-7-5-6-8-18(16)24(30(3,26)27)14-21(25)23-22-15(2)17-9-10-19-20(13-17)29-12-11-28-19/h5-10,13H,4,11-12,14H2,1-3H3,(H,23,25)/b22-15-. The number of anilines is 1. The summed E-state index contributed by atoms with van der Waals surface area (Å²) in [5.74, 6) is 0.752. The Morgan fingerprint density at radius 2 is 1.83 bits per heavy atom. The number of ether oxygens (including phenoxy) is 2. The first-order valence-electron chi connectivity index (χ1n) is 9.58. The zero-order valence-electron chi connectivity index (χ0n) is 17.2. The van der Waals surface area contributed by atoms with Crippen LogP contribution in [0.2, 0.25) is 0 Å². The number of aryl methyl sites for hydroxylation is 1. The van der Waals surface area contributed by atoms with Gasteiger partial charge in [0.15, 0.2) is 11.5 Å². The summed E-state index contributed by atoms with van der Waals surface area (Å²) in [6, 6.07) is 12.5. The lowest BCUT2D eigenvalue weighted by molar-refractivity contribution is -0.119. The van der Waals surface area contributed by atoms with Crippen molar-refractivity contribution in [3.8, 4) is 11.5 Å². The molecule has 30 heavy (non-hydrogen) atoms. The van der Waals surface area contributed by atoms with Crippen molar-refractivity contribution in [2.75, 3.05) is 30.3 Å². The van der Waals surface area contributed by atoms with E-state index in [4.69, 9.17) is 9.47 Å². The number of amides is 1. The molecule has 0 saturated heterocycles. The zero-order chi connectivity index (χ0) is 21.7. The Balaban J connectivity index is 1.74. The smallest absolute Gasteiger partial charge is 0.260 e. The molecule has 0 radical (unpaired) electrons. The van der Waals surface area contributed by atoms with Gasteiger partial charge in [-0.15, -0.1) is 0 Å². The largest absolute Gasteiger partial charge is 0.486 e. The van der Waals surface area contributed by atoms with Crippen LogP contribution in [0.25, 0.3) is 0 Å². The third-order valence-corrected chi connectivity index (χ3v) is 5.76. The van der Waals surface area contributed by atoms with E-state index in [1.807, 2.05) is 25.1 Å². The van der Waals surface area contributed by atoms with Crippen molar-refractivity contribution >= 4 is 27.3 Å². The van der Waals surface area contributed by atoms with Crippen LogP contribution in [0.5, 0.6) is 11.5 Å². The summed E-state index contributed by atoms with van der Waals surface area (Å²) in [4.78, 5) is 12.5. The van der Waals surface area contributed by atoms with E-state index in [2.05, 4.69) is 10.5 Å². The molecular weight excluding hydrogens is 406 g/mol. The van der Waals surface area contributed by atoms with Crippen LogP contribution in [0, 0.1) is 0 Å². The minimum absolute atomic E-state index is 0.367. The van der Waals surface area contributed by atoms with Gasteiger partial charge in [0.05, 0.1) is 17.7 Å². The summed E-state index contributed by atoms with van der Waals surface area (Å²) in [6.45, 7) is 4.29. The van der Waals surface area contributed by atoms with E-state index < -0.39 is 15.9 Å². The highest BCUT2D eigenvalue weighted by Crippen LogP contribution is 2.30. The number of hydrogen-bond donors (Lipinski definition) is 1. The molecule has 0 atom stereocenters. The lowest BCUT2D eigenvalue weighted by Gasteiger charge is -2.23. The highest BCUT2D eigenvalue weighted by molar-refractivity contribution is 7.92. The van der Waals surface area contributed by atoms with Crippen molar-refractivity contribution in [2.24, 2.45) is 5.10 Å². The van der Waals surface area contributed by atoms with E-state index in [-0.39, 0.29) is 6.54 Å². The predicted octanol–water partition coefficient (Wildman–Crippen LogP) is 2.33. The van der Waals surface area contributed by atoms with Crippen LogP contribution in [-0.2, 0) is 21.2 Å². The third-order valence-electron chi connectivity index (χ3n) is 4.64. The van der Waals surface area contributed by atoms with Crippen LogP contribution >= 0.6 is 0 Å². The number of nitrogens with one attached hydrogen (secondary N) is 1. The fourth-order valence-corrected chi connectivity index (χ4v) is 3.97. The molecular formula is C21H25N3O5S. The molecule has 1 N–H and O–H groups in total. The van der Waals surface area contributed by atoms with Crippen LogP contribution in [0.3, 0.4) is 0 Å². The maximum atomic E-state index is 12.5. The summed E-state index contributed by atoms with van der Waals surface area (Å²) >= 11 is 0. The van der Waals surface area contributed by atoms with Crippen molar-refractivity contribution in [1.29, 1.82) is 0 Å². The second-order valence-corrected chi connectivity index (χ2v) is 8.75. The van der Waals surface area contributed by atoms with Crippen molar-refractivity contribution in [2.45, 2.75) is 20.3 Å². The Labute approximate surface area is 176 Å². The lowest BCUT2D eigenvalue weighted by atomic mass is 10.1. The van der Waals surface area contributed by atoms with Crippen LogP contribution < -0.4 is 19.2 Å². The number of hydrogen-bond acceptors (Lipinski definition) is 6. The molecule has 1 amide bonds. The Morgan fingerprint density at radius 1 is 1.13 bits per heavy atom. The van der Waals surface area contributed by atoms with Crippen molar-refractivity contribution in [1.82, 2.24) is 5.43 Å². The normalized spacial score (nSPS) is 13.6. The van der Waals surface area contributed by atoms with Gasteiger partial charge < -0.3 is 9.47 Å². The molecule has 9 heteroatoms. The summed E-state index contributed by atoms with van der Waals surface area (Å²) in [6.07, 6.45) is 1.72. The molecule has 1 aliphatic rings. The molecule has 0 bridgehead atoms. The van der Waals surface area contributed by atoms with Crippen molar-refractivity contribution in [3.63, 3.8) is 0 Å². The van der Waals surface area contributed by atoms with Gasteiger partial charge in [0.2, 0.25) is 10.0 Å². The molecule has 3 rings (SSSR count). The van der Waals surface area contributed by atoms with Gasteiger partial charge in [0.1, 0.15) is 19.8 Å². The van der Waals surface area contributed by atoms with E-state index in [1.165, 1.54) is 0 Å². The van der Waals surface area contributed by atoms with Gasteiger partial charge >= 0.3 is 0 Å². The van der Waals surface area contributed by atoms with E-state index >= 15 is 0 Å². The molecule has 1 heterocycles. The number of sulfonamides is 1. The SMILES string of the molecule is CCc1ccccc1N(CC(=O)N/N=C(/C)c1ccc2c(c1)OCCO2)S(C)(=O)=O. The average Bonchev–Trinajstić information content (AvgIpc) is 2.74. The Hall–Kier alpha value is -3.07. The topological polar surface area (TPSA) is 97.3 Å². The minimum Gasteiger partial charge on any atom is -0.486 e. The molecule has 0 spiro atoms. The third kappa shape index (κ3) is 5.10. The summed E-state index contributed by atoms with van der Waals surface area (Å²) in [5.41, 5.74) is 5.09. The molecule has 8 nitrogen and oxygen atoms in total. The lowest BCUT2D eigenvalue weighted by Crippen LogP contribution is -2.39. The predicted molar refractivity (Wildman–Crippen MR) is 116 cm³/mol. The van der Waals surface area contributed by atoms with Crippen LogP contribution in [0.4, 0.5) is 5.69 Å². The van der Waals surface area contributed by atoms with E-state index in [0.29, 0.717) is 42.5 Å². The van der Waals surface area contributed by atoms with Crippen molar-refractivity contribution < 1.29 is 22.7 Å². The van der Waals surface area contributed by atoms with Gasteiger partial charge in [-0.1, -0.05) is 25.1 Å². The number of benzene rings is 2. The molecule has 1 aliphatic heterocycles. The molecule has 2 aromatic rings. The Kier molecular flexibility index (Phi) is 6.61. The monoisotopic (exact) mass is 431 g/mol. The number of rotatable bonds is 7. The van der Waals surface area contributed by atoms with Crippen LogP contribution in [-0.4, -0.2) is 46.1 Å². The molecule has 0 aliphatic carbocycles. The highest BCUT2D eigenvalue weighted by Gasteiger charge is 2.22. The molecule has 2 aromatic carbocycles. The molecule has 0 saturated carbocycles. The van der Waals surface area contributed by atoms with Gasteiger partial charge in [-0.2, -0.15) is 5.10 Å². The van der Waals surface area contributed by atoms with Gasteiger partial charge in [0.25, 0.3) is 5.91 Å². The first-order chi connectivity index (χ1) is 14.3. The van der Waals surface area contributed by atoms with Crippen LogP contribution in [0.1, 0.15) is 25.0 Å². The maximum absolute atomic E-state index is 12.5. The minimum atomic E-state index is -3.65. The van der Waals surface area contributed by atoms with Gasteiger partial charge in [-0.3, -0.25) is 9.10 Å². The Bertz CT molecular complexity index is 1070. The fourth-order valence-electron chi connectivity index (χ4n) is 3.08. The van der Waals surface area contributed by atoms with E-state index in [1.54, 1.807) is 31.2 Å². The molecule has 0 aromatic heterocycles. The van der Waals surface area contributed by atoms with E-state index in [0.717, 1.165) is 21.7 Å². The Morgan fingerprint density at radius 3 is 2.53 bits per heavy atom. The number of carbonyl (C=O) groups excluding carboxylic acids is 1.